The van der Waals surface area contributed by atoms with Crippen LogP contribution >= 0.6 is 0 Å². The van der Waals surface area contributed by atoms with Gasteiger partial charge in [0.2, 0.25) is 0 Å². The van der Waals surface area contributed by atoms with Crippen LogP contribution in [0.5, 0.6) is 0 Å². The van der Waals surface area contributed by atoms with E-state index in [1.165, 1.54) is 5.56 Å². The van der Waals surface area contributed by atoms with E-state index in [1.54, 1.807) is 4.68 Å². The Morgan fingerprint density at radius 3 is 2.50 bits per heavy atom. The number of aromatic nitrogens is 6. The molecule has 0 amide bonds. The number of para-hydroxylation sites is 1. The van der Waals surface area contributed by atoms with Gasteiger partial charge >= 0.3 is 0 Å². The van der Waals surface area contributed by atoms with E-state index in [1.807, 2.05) is 49.5 Å². The highest BCUT2D eigenvalue weighted by Gasteiger charge is 2.15. The van der Waals surface area contributed by atoms with Crippen LogP contribution in [0.1, 0.15) is 11.3 Å². The van der Waals surface area contributed by atoms with Crippen LogP contribution in [0, 0.1) is 6.92 Å². The minimum atomic E-state index is 0.475. The molecule has 0 saturated carbocycles. The van der Waals surface area contributed by atoms with E-state index < -0.39 is 0 Å². The molecule has 0 fully saturated rings. The topological polar surface area (TPSA) is 61.4 Å². The second-order valence-electron chi connectivity index (χ2n) is 6.27. The zero-order chi connectivity index (χ0) is 17.5. The molecule has 6 nitrogen and oxygen atoms in total. The predicted octanol–water partition coefficient (Wildman–Crippen LogP) is 3.52. The van der Waals surface area contributed by atoms with Gasteiger partial charge in [-0.1, -0.05) is 48.5 Å². The van der Waals surface area contributed by atoms with E-state index in [0.717, 1.165) is 34.3 Å². The molecule has 26 heavy (non-hydrogen) atoms. The SMILES string of the molecule is Cc1ccn(-c2nnc3c4ccccc4n(Cc4ccccc4)c3n2)n1. The van der Waals surface area contributed by atoms with Crippen LogP contribution in [0.25, 0.3) is 28.0 Å². The van der Waals surface area contributed by atoms with Crippen molar-refractivity contribution in [3.05, 3.63) is 78.1 Å². The van der Waals surface area contributed by atoms with Crippen LogP contribution < -0.4 is 0 Å². The summed E-state index contributed by atoms with van der Waals surface area (Å²) in [5, 5.41) is 14.2. The first-order chi connectivity index (χ1) is 12.8. The van der Waals surface area contributed by atoms with Crippen molar-refractivity contribution >= 4 is 22.1 Å². The zero-order valence-corrected chi connectivity index (χ0v) is 14.2. The first kappa shape index (κ1) is 14.8. The molecule has 0 aliphatic heterocycles. The molecule has 5 rings (SSSR count). The lowest BCUT2D eigenvalue weighted by Crippen LogP contribution is -2.07. The van der Waals surface area contributed by atoms with Gasteiger partial charge in [0.25, 0.3) is 5.95 Å². The maximum Gasteiger partial charge on any atom is 0.272 e. The van der Waals surface area contributed by atoms with Crippen molar-refractivity contribution in [2.75, 3.05) is 0 Å². The van der Waals surface area contributed by atoms with Gasteiger partial charge in [0.15, 0.2) is 5.65 Å². The third kappa shape index (κ3) is 2.35. The molecule has 3 aromatic heterocycles. The highest BCUT2D eigenvalue weighted by molar-refractivity contribution is 6.04. The van der Waals surface area contributed by atoms with Crippen molar-refractivity contribution in [3.63, 3.8) is 0 Å². The average Bonchev–Trinajstić information content (AvgIpc) is 3.25. The summed E-state index contributed by atoms with van der Waals surface area (Å²) in [5.74, 6) is 0.475. The van der Waals surface area contributed by atoms with Crippen LogP contribution in [0.3, 0.4) is 0 Å². The normalized spacial score (nSPS) is 11.4. The first-order valence-corrected chi connectivity index (χ1v) is 8.48. The average molecular weight is 340 g/mol. The summed E-state index contributed by atoms with van der Waals surface area (Å²) < 4.78 is 3.85. The summed E-state index contributed by atoms with van der Waals surface area (Å²) in [4.78, 5) is 4.78. The molecule has 3 heterocycles. The summed E-state index contributed by atoms with van der Waals surface area (Å²) >= 11 is 0. The van der Waals surface area contributed by atoms with Crippen molar-refractivity contribution < 1.29 is 0 Å². The zero-order valence-electron chi connectivity index (χ0n) is 14.2. The molecule has 0 unspecified atom stereocenters. The summed E-state index contributed by atoms with van der Waals surface area (Å²) in [7, 11) is 0. The number of benzene rings is 2. The summed E-state index contributed by atoms with van der Waals surface area (Å²) in [6.07, 6.45) is 1.85. The van der Waals surface area contributed by atoms with Gasteiger partial charge in [-0.25, -0.2) is 4.68 Å². The van der Waals surface area contributed by atoms with Crippen LogP contribution in [0.2, 0.25) is 0 Å². The van der Waals surface area contributed by atoms with Crippen molar-refractivity contribution in [3.8, 4) is 5.95 Å². The fourth-order valence-corrected chi connectivity index (χ4v) is 3.24. The maximum absolute atomic E-state index is 4.78. The van der Waals surface area contributed by atoms with Gasteiger partial charge < -0.3 is 4.57 Å². The summed E-state index contributed by atoms with van der Waals surface area (Å²) in [5.41, 5.74) is 4.85. The monoisotopic (exact) mass is 340 g/mol. The Morgan fingerprint density at radius 2 is 1.69 bits per heavy atom. The van der Waals surface area contributed by atoms with Gasteiger partial charge in [0.05, 0.1) is 11.2 Å². The predicted molar refractivity (Wildman–Crippen MR) is 100 cm³/mol. The van der Waals surface area contributed by atoms with E-state index in [2.05, 4.69) is 44.1 Å². The Hall–Kier alpha value is -3.54. The number of hydrogen-bond acceptors (Lipinski definition) is 4. The molecule has 0 aliphatic rings. The van der Waals surface area contributed by atoms with Crippen molar-refractivity contribution in [1.82, 2.24) is 29.5 Å². The van der Waals surface area contributed by atoms with E-state index in [4.69, 9.17) is 4.98 Å². The third-order valence-corrected chi connectivity index (χ3v) is 4.47. The smallest absolute Gasteiger partial charge is 0.272 e. The molecule has 0 saturated heterocycles. The molecule has 0 aliphatic carbocycles. The Kier molecular flexibility index (Phi) is 3.28. The minimum Gasteiger partial charge on any atom is -0.319 e. The molecule has 2 aromatic carbocycles. The number of fused-ring (bicyclic) bond motifs is 3. The Labute approximate surface area is 149 Å². The van der Waals surface area contributed by atoms with Gasteiger partial charge in [-0.3, -0.25) is 0 Å². The highest BCUT2D eigenvalue weighted by atomic mass is 15.4. The highest BCUT2D eigenvalue weighted by Crippen LogP contribution is 2.27. The number of nitrogens with zero attached hydrogens (tertiary/aromatic N) is 6. The summed E-state index contributed by atoms with van der Waals surface area (Å²) in [6, 6.07) is 20.5. The first-order valence-electron chi connectivity index (χ1n) is 8.48. The van der Waals surface area contributed by atoms with Crippen molar-refractivity contribution in [1.29, 1.82) is 0 Å². The van der Waals surface area contributed by atoms with Crippen LogP contribution in [0.4, 0.5) is 0 Å². The Morgan fingerprint density at radius 1 is 0.885 bits per heavy atom. The van der Waals surface area contributed by atoms with Gasteiger partial charge in [-0.05, 0) is 24.6 Å². The van der Waals surface area contributed by atoms with Gasteiger partial charge in [0.1, 0.15) is 5.52 Å². The van der Waals surface area contributed by atoms with E-state index in [9.17, 15) is 0 Å². The van der Waals surface area contributed by atoms with Crippen LogP contribution in [-0.4, -0.2) is 29.5 Å². The fourth-order valence-electron chi connectivity index (χ4n) is 3.24. The molecule has 6 heteroatoms. The van der Waals surface area contributed by atoms with E-state index in [0.29, 0.717) is 5.95 Å². The maximum atomic E-state index is 4.78. The molecule has 5 aromatic rings. The van der Waals surface area contributed by atoms with Crippen LogP contribution in [0.15, 0.2) is 66.9 Å². The minimum absolute atomic E-state index is 0.475. The quantitative estimate of drug-likeness (QED) is 0.504. The standard InChI is InChI=1S/C20H16N6/c1-14-11-12-26(24-14)20-21-19-18(22-23-20)16-9-5-6-10-17(16)25(19)13-15-7-3-2-4-8-15/h2-12H,13H2,1H3. The van der Waals surface area contributed by atoms with E-state index >= 15 is 0 Å². The largest absolute Gasteiger partial charge is 0.319 e. The lowest BCUT2D eigenvalue weighted by Gasteiger charge is -2.07. The number of rotatable bonds is 3. The summed E-state index contributed by atoms with van der Waals surface area (Å²) in [6.45, 7) is 2.66. The second-order valence-corrected chi connectivity index (χ2v) is 6.27. The lowest BCUT2D eigenvalue weighted by atomic mass is 10.2. The Balaban J connectivity index is 1.76. The van der Waals surface area contributed by atoms with Crippen molar-refractivity contribution in [2.24, 2.45) is 0 Å². The second kappa shape index (κ2) is 5.77. The Bertz CT molecular complexity index is 1220. The molecule has 0 N–H and O–H groups in total. The lowest BCUT2D eigenvalue weighted by molar-refractivity contribution is 0.765. The molecular weight excluding hydrogens is 324 g/mol. The number of hydrogen-bond donors (Lipinski definition) is 0. The molecular formula is C20H16N6. The number of aryl methyl sites for hydroxylation is 1. The van der Waals surface area contributed by atoms with Gasteiger partial charge in [0, 0.05) is 18.1 Å². The molecule has 0 spiro atoms. The molecule has 126 valence electrons. The molecule has 0 radical (unpaired) electrons. The van der Waals surface area contributed by atoms with Gasteiger partial charge in [-0.15, -0.1) is 10.2 Å². The van der Waals surface area contributed by atoms with Crippen LogP contribution in [-0.2, 0) is 6.54 Å². The van der Waals surface area contributed by atoms with E-state index in [-0.39, 0.29) is 0 Å². The van der Waals surface area contributed by atoms with Gasteiger partial charge in [-0.2, -0.15) is 10.1 Å². The fraction of sp³-hybridized carbons (Fsp3) is 0.100. The molecule has 0 bridgehead atoms. The molecule has 0 atom stereocenters. The third-order valence-electron chi connectivity index (χ3n) is 4.47. The van der Waals surface area contributed by atoms with Crippen molar-refractivity contribution in [2.45, 2.75) is 13.5 Å².